The quantitative estimate of drug-likeness (QED) is 0.832. The van der Waals surface area contributed by atoms with Gasteiger partial charge in [0.2, 0.25) is 0 Å². The molecule has 0 amide bonds. The van der Waals surface area contributed by atoms with E-state index in [1.54, 1.807) is 0 Å². The fraction of sp³-hybridized carbons (Fsp3) is 1.00. The molecule has 3 unspecified atom stereocenters. The summed E-state index contributed by atoms with van der Waals surface area (Å²) < 4.78 is 5.53. The summed E-state index contributed by atoms with van der Waals surface area (Å²) in [6.07, 6.45) is 2.45. The van der Waals surface area contributed by atoms with Crippen LogP contribution in [-0.2, 0) is 4.74 Å². The molecule has 106 valence electrons. The first kappa shape index (κ1) is 14.3. The molecule has 3 nitrogen and oxygen atoms in total. The maximum Gasteiger partial charge on any atom is 0.0507 e. The van der Waals surface area contributed by atoms with E-state index in [0.29, 0.717) is 11.6 Å². The van der Waals surface area contributed by atoms with Crippen LogP contribution in [0.1, 0.15) is 40.5 Å². The summed E-state index contributed by atoms with van der Waals surface area (Å²) in [5.41, 5.74) is 0.296. The lowest BCUT2D eigenvalue weighted by Crippen LogP contribution is -2.64. The molecular formula is C15H30N2O. The van der Waals surface area contributed by atoms with Crippen molar-refractivity contribution in [3.8, 4) is 0 Å². The highest BCUT2D eigenvalue weighted by Gasteiger charge is 2.36. The number of piperazine rings is 1. The molecule has 0 bridgehead atoms. The van der Waals surface area contributed by atoms with Crippen molar-refractivity contribution in [2.45, 2.75) is 52.1 Å². The van der Waals surface area contributed by atoms with Gasteiger partial charge in [0.25, 0.3) is 0 Å². The number of rotatable bonds is 4. The second-order valence-electron chi connectivity index (χ2n) is 6.77. The van der Waals surface area contributed by atoms with Crippen LogP contribution in [0.25, 0.3) is 0 Å². The second-order valence-corrected chi connectivity index (χ2v) is 6.77. The molecule has 2 aliphatic heterocycles. The second kappa shape index (κ2) is 5.89. The summed E-state index contributed by atoms with van der Waals surface area (Å²) in [7, 11) is 0. The number of hydrogen-bond donors (Lipinski definition) is 1. The molecule has 2 rings (SSSR count). The van der Waals surface area contributed by atoms with Gasteiger partial charge in [0.15, 0.2) is 0 Å². The lowest BCUT2D eigenvalue weighted by atomic mass is 9.89. The van der Waals surface area contributed by atoms with Crippen LogP contribution in [-0.4, -0.2) is 49.3 Å². The molecule has 1 N–H and O–H groups in total. The van der Waals surface area contributed by atoms with E-state index in [4.69, 9.17) is 4.74 Å². The summed E-state index contributed by atoms with van der Waals surface area (Å²) in [4.78, 5) is 2.73. The summed E-state index contributed by atoms with van der Waals surface area (Å²) >= 11 is 0. The van der Waals surface area contributed by atoms with E-state index < -0.39 is 0 Å². The lowest BCUT2D eigenvalue weighted by molar-refractivity contribution is 0.0449. The fourth-order valence-corrected chi connectivity index (χ4v) is 3.25. The first-order valence-electron chi connectivity index (χ1n) is 7.61. The fourth-order valence-electron chi connectivity index (χ4n) is 3.25. The number of nitrogens with one attached hydrogen (secondary N) is 1. The van der Waals surface area contributed by atoms with Gasteiger partial charge in [-0.2, -0.15) is 0 Å². The topological polar surface area (TPSA) is 24.5 Å². The first-order valence-corrected chi connectivity index (χ1v) is 7.61. The van der Waals surface area contributed by atoms with Gasteiger partial charge in [-0.1, -0.05) is 20.8 Å². The number of nitrogens with zero attached hydrogens (tertiary/aromatic N) is 1. The lowest BCUT2D eigenvalue weighted by Gasteiger charge is -2.48. The molecular weight excluding hydrogens is 224 g/mol. The van der Waals surface area contributed by atoms with E-state index in [1.807, 2.05) is 0 Å². The summed E-state index contributed by atoms with van der Waals surface area (Å²) in [5.74, 6) is 1.48. The van der Waals surface area contributed by atoms with Crippen LogP contribution in [0.3, 0.4) is 0 Å². The highest BCUT2D eigenvalue weighted by atomic mass is 16.5. The average molecular weight is 254 g/mol. The van der Waals surface area contributed by atoms with E-state index in [2.05, 4.69) is 37.9 Å². The van der Waals surface area contributed by atoms with Crippen LogP contribution in [0.2, 0.25) is 0 Å². The van der Waals surface area contributed by atoms with E-state index in [9.17, 15) is 0 Å². The van der Waals surface area contributed by atoms with Crippen molar-refractivity contribution in [1.82, 2.24) is 10.2 Å². The van der Waals surface area contributed by atoms with E-state index in [1.165, 1.54) is 25.9 Å². The standard InChI is InChI=1S/C15H30N2O/c1-5-15(4)11-17(9-13-6-7-18-10-13)14(8-16-15)12(2)3/h12-14,16H,5-11H2,1-4H3. The van der Waals surface area contributed by atoms with Crippen molar-refractivity contribution >= 4 is 0 Å². The van der Waals surface area contributed by atoms with Crippen molar-refractivity contribution in [3.05, 3.63) is 0 Å². The van der Waals surface area contributed by atoms with Crippen LogP contribution < -0.4 is 5.32 Å². The Morgan fingerprint density at radius 2 is 2.22 bits per heavy atom. The molecule has 18 heavy (non-hydrogen) atoms. The molecule has 0 aromatic carbocycles. The third-order valence-corrected chi connectivity index (χ3v) is 4.83. The molecule has 0 aromatic rings. The Kier molecular flexibility index (Phi) is 4.68. The van der Waals surface area contributed by atoms with Gasteiger partial charge in [0, 0.05) is 37.8 Å². The van der Waals surface area contributed by atoms with Crippen LogP contribution >= 0.6 is 0 Å². The molecule has 3 atom stereocenters. The largest absolute Gasteiger partial charge is 0.381 e. The molecule has 2 fully saturated rings. The molecule has 2 heterocycles. The highest BCUT2D eigenvalue weighted by molar-refractivity contribution is 4.96. The Labute approximate surface area is 112 Å². The molecule has 0 aromatic heterocycles. The summed E-state index contributed by atoms with van der Waals surface area (Å²) in [6.45, 7) is 14.8. The monoisotopic (exact) mass is 254 g/mol. The van der Waals surface area contributed by atoms with Crippen LogP contribution in [0, 0.1) is 11.8 Å². The van der Waals surface area contributed by atoms with Gasteiger partial charge in [-0.3, -0.25) is 4.90 Å². The van der Waals surface area contributed by atoms with Crippen molar-refractivity contribution in [2.75, 3.05) is 32.8 Å². The normalized spacial score (nSPS) is 38.5. The Balaban J connectivity index is 1.99. The van der Waals surface area contributed by atoms with Crippen LogP contribution in [0.5, 0.6) is 0 Å². The SMILES string of the molecule is CCC1(C)CN(CC2CCOC2)C(C(C)C)CN1. The number of hydrogen-bond acceptors (Lipinski definition) is 3. The molecule has 2 aliphatic rings. The van der Waals surface area contributed by atoms with Crippen molar-refractivity contribution < 1.29 is 4.74 Å². The van der Waals surface area contributed by atoms with Crippen molar-refractivity contribution in [3.63, 3.8) is 0 Å². The van der Waals surface area contributed by atoms with Gasteiger partial charge in [0.05, 0.1) is 6.61 Å². The van der Waals surface area contributed by atoms with Gasteiger partial charge in [-0.15, -0.1) is 0 Å². The Bertz CT molecular complexity index is 263. The molecule has 0 spiro atoms. The highest BCUT2D eigenvalue weighted by Crippen LogP contribution is 2.25. The number of ether oxygens (including phenoxy) is 1. The smallest absolute Gasteiger partial charge is 0.0507 e. The van der Waals surface area contributed by atoms with Gasteiger partial charge in [0.1, 0.15) is 0 Å². The van der Waals surface area contributed by atoms with Crippen LogP contribution in [0.4, 0.5) is 0 Å². The third kappa shape index (κ3) is 3.25. The molecule has 0 saturated carbocycles. The van der Waals surface area contributed by atoms with E-state index in [0.717, 1.165) is 31.6 Å². The van der Waals surface area contributed by atoms with E-state index >= 15 is 0 Å². The van der Waals surface area contributed by atoms with Crippen molar-refractivity contribution in [1.29, 1.82) is 0 Å². The summed E-state index contributed by atoms with van der Waals surface area (Å²) in [6, 6.07) is 0.685. The summed E-state index contributed by atoms with van der Waals surface area (Å²) in [5, 5.41) is 3.76. The van der Waals surface area contributed by atoms with Gasteiger partial charge >= 0.3 is 0 Å². The molecule has 2 saturated heterocycles. The minimum Gasteiger partial charge on any atom is -0.381 e. The molecule has 0 aliphatic carbocycles. The predicted octanol–water partition coefficient (Wildman–Crippen LogP) is 2.12. The van der Waals surface area contributed by atoms with Crippen molar-refractivity contribution in [2.24, 2.45) is 11.8 Å². The minimum absolute atomic E-state index is 0.296. The Morgan fingerprint density at radius 3 is 2.78 bits per heavy atom. The third-order valence-electron chi connectivity index (χ3n) is 4.83. The van der Waals surface area contributed by atoms with E-state index in [-0.39, 0.29) is 0 Å². The zero-order chi connectivity index (χ0) is 13.2. The van der Waals surface area contributed by atoms with Gasteiger partial charge < -0.3 is 10.1 Å². The zero-order valence-electron chi connectivity index (χ0n) is 12.5. The Morgan fingerprint density at radius 1 is 1.44 bits per heavy atom. The molecule has 3 heteroatoms. The van der Waals surface area contributed by atoms with Gasteiger partial charge in [-0.25, -0.2) is 0 Å². The average Bonchev–Trinajstić information content (AvgIpc) is 2.81. The van der Waals surface area contributed by atoms with Crippen LogP contribution in [0.15, 0.2) is 0 Å². The maximum atomic E-state index is 5.53. The maximum absolute atomic E-state index is 5.53. The zero-order valence-corrected chi connectivity index (χ0v) is 12.5. The first-order chi connectivity index (χ1) is 8.54. The minimum atomic E-state index is 0.296. The molecule has 0 radical (unpaired) electrons. The Hall–Kier alpha value is -0.120. The van der Waals surface area contributed by atoms with Gasteiger partial charge in [-0.05, 0) is 31.6 Å². The predicted molar refractivity (Wildman–Crippen MR) is 75.8 cm³/mol.